The van der Waals surface area contributed by atoms with Gasteiger partial charge < -0.3 is 4.74 Å². The van der Waals surface area contributed by atoms with Gasteiger partial charge in [-0.2, -0.15) is 0 Å². The van der Waals surface area contributed by atoms with Gasteiger partial charge in [0.25, 0.3) is 0 Å². The van der Waals surface area contributed by atoms with Crippen LogP contribution in [-0.4, -0.2) is 12.1 Å². The Hall–Kier alpha value is -0.790. The molecule has 1 atom stereocenters. The summed E-state index contributed by atoms with van der Waals surface area (Å²) in [5.74, 6) is -0.199. The van der Waals surface area contributed by atoms with Gasteiger partial charge in [0.2, 0.25) is 0 Å². The van der Waals surface area contributed by atoms with Gasteiger partial charge in [-0.15, -0.1) is 0 Å². The molecule has 0 aromatic heterocycles. The number of rotatable bonds is 7. The molecule has 0 N–H and O–H groups in total. The third kappa shape index (κ3) is 7.84. The molecule has 0 amide bonds. The Morgan fingerprint density at radius 1 is 1.36 bits per heavy atom. The minimum atomic E-state index is -0.199. The highest BCUT2D eigenvalue weighted by Crippen LogP contribution is 2.04. The summed E-state index contributed by atoms with van der Waals surface area (Å²) >= 11 is 0. The van der Waals surface area contributed by atoms with Crippen LogP contribution in [0.5, 0.6) is 0 Å². The van der Waals surface area contributed by atoms with Crippen molar-refractivity contribution in [3.8, 4) is 0 Å². The van der Waals surface area contributed by atoms with E-state index in [1.807, 2.05) is 13.0 Å². The molecule has 0 bridgehead atoms. The average Bonchev–Trinajstić information content (AvgIpc) is 2.15. The Kier molecular flexibility index (Phi) is 8.30. The van der Waals surface area contributed by atoms with E-state index in [-0.39, 0.29) is 12.1 Å². The molecule has 0 fully saturated rings. The first-order valence-corrected chi connectivity index (χ1v) is 5.54. The van der Waals surface area contributed by atoms with Crippen molar-refractivity contribution in [2.75, 3.05) is 0 Å². The summed E-state index contributed by atoms with van der Waals surface area (Å²) in [6.45, 7) is 5.66. The molecule has 82 valence electrons. The highest BCUT2D eigenvalue weighted by Gasteiger charge is 2.03. The van der Waals surface area contributed by atoms with Gasteiger partial charge in [-0.25, -0.2) is 0 Å². The van der Waals surface area contributed by atoms with E-state index in [0.29, 0.717) is 0 Å². The van der Waals surface area contributed by atoms with Gasteiger partial charge in [0.05, 0.1) is 0 Å². The normalized spacial score (nSPS) is 13.1. The highest BCUT2D eigenvalue weighted by atomic mass is 16.5. The molecule has 0 saturated heterocycles. The molecule has 2 nitrogen and oxygen atoms in total. The van der Waals surface area contributed by atoms with Crippen LogP contribution < -0.4 is 0 Å². The number of ether oxygens (including phenoxy) is 1. The molecular formula is C12H22O2. The molecule has 0 radical (unpaired) electrons. The summed E-state index contributed by atoms with van der Waals surface area (Å²) in [4.78, 5) is 10.7. The molecule has 0 aliphatic carbocycles. The Balaban J connectivity index is 3.63. The zero-order valence-corrected chi connectivity index (χ0v) is 9.58. The molecule has 0 saturated carbocycles. The van der Waals surface area contributed by atoms with Crippen molar-refractivity contribution >= 4 is 5.97 Å². The van der Waals surface area contributed by atoms with Gasteiger partial charge in [-0.3, -0.25) is 4.79 Å². The molecule has 0 spiro atoms. The molecule has 0 heterocycles. The predicted octanol–water partition coefficient (Wildman–Crippen LogP) is 3.46. The van der Waals surface area contributed by atoms with E-state index in [2.05, 4.69) is 13.0 Å². The van der Waals surface area contributed by atoms with Gasteiger partial charge in [-0.05, 0) is 25.3 Å². The van der Waals surface area contributed by atoms with Crippen molar-refractivity contribution in [3.05, 3.63) is 12.2 Å². The van der Waals surface area contributed by atoms with E-state index < -0.39 is 0 Å². The van der Waals surface area contributed by atoms with Crippen molar-refractivity contribution in [3.63, 3.8) is 0 Å². The van der Waals surface area contributed by atoms with Crippen LogP contribution in [0.15, 0.2) is 12.2 Å². The number of unbranched alkanes of at least 4 members (excludes halogenated alkanes) is 3. The number of allylic oxidation sites excluding steroid dienone is 1. The van der Waals surface area contributed by atoms with Crippen molar-refractivity contribution in [2.45, 2.75) is 59.0 Å². The number of esters is 1. The highest BCUT2D eigenvalue weighted by molar-refractivity contribution is 5.66. The smallest absolute Gasteiger partial charge is 0.303 e. The first kappa shape index (κ1) is 13.2. The quantitative estimate of drug-likeness (QED) is 0.356. The van der Waals surface area contributed by atoms with Crippen molar-refractivity contribution in [1.82, 2.24) is 0 Å². The summed E-state index contributed by atoms with van der Waals surface area (Å²) in [6, 6.07) is 0. The molecular weight excluding hydrogens is 176 g/mol. The number of carbonyl (C=O) groups excluding carboxylic acids is 1. The minimum absolute atomic E-state index is 0.0332. The molecule has 0 aromatic carbocycles. The molecule has 0 rings (SSSR count). The van der Waals surface area contributed by atoms with E-state index in [0.717, 1.165) is 12.8 Å². The average molecular weight is 198 g/mol. The Bertz CT molecular complexity index is 173. The molecule has 1 unspecified atom stereocenters. The topological polar surface area (TPSA) is 26.3 Å². The SMILES string of the molecule is CCCCC/C=C\C(CC)OC(C)=O. The molecule has 0 aliphatic rings. The van der Waals surface area contributed by atoms with E-state index in [4.69, 9.17) is 4.74 Å². The predicted molar refractivity (Wildman–Crippen MR) is 59.1 cm³/mol. The molecule has 14 heavy (non-hydrogen) atoms. The molecule has 0 aliphatic heterocycles. The maximum absolute atomic E-state index is 10.7. The van der Waals surface area contributed by atoms with Crippen LogP contribution >= 0.6 is 0 Å². The van der Waals surface area contributed by atoms with E-state index in [1.54, 1.807) is 0 Å². The molecule has 0 aromatic rings. The third-order valence-electron chi connectivity index (χ3n) is 2.04. The lowest BCUT2D eigenvalue weighted by Crippen LogP contribution is -2.12. The number of hydrogen-bond donors (Lipinski definition) is 0. The maximum Gasteiger partial charge on any atom is 0.303 e. The summed E-state index contributed by atoms with van der Waals surface area (Å²) in [5, 5.41) is 0. The summed E-state index contributed by atoms with van der Waals surface area (Å²) in [7, 11) is 0. The van der Waals surface area contributed by atoms with Gasteiger partial charge in [0.15, 0.2) is 0 Å². The second-order valence-corrected chi connectivity index (χ2v) is 3.48. The third-order valence-corrected chi connectivity index (χ3v) is 2.04. The monoisotopic (exact) mass is 198 g/mol. The van der Waals surface area contributed by atoms with Gasteiger partial charge in [0, 0.05) is 6.92 Å². The fourth-order valence-corrected chi connectivity index (χ4v) is 1.23. The summed E-state index contributed by atoms with van der Waals surface area (Å²) in [6.07, 6.45) is 9.76. The van der Waals surface area contributed by atoms with Crippen molar-refractivity contribution < 1.29 is 9.53 Å². The van der Waals surface area contributed by atoms with Crippen LogP contribution in [0.25, 0.3) is 0 Å². The Labute approximate surface area is 87.3 Å². The van der Waals surface area contributed by atoms with Crippen LogP contribution in [0.4, 0.5) is 0 Å². The molecule has 2 heteroatoms. The second-order valence-electron chi connectivity index (χ2n) is 3.48. The fraction of sp³-hybridized carbons (Fsp3) is 0.750. The van der Waals surface area contributed by atoms with Crippen LogP contribution in [0.3, 0.4) is 0 Å². The lowest BCUT2D eigenvalue weighted by molar-refractivity contribution is -0.144. The van der Waals surface area contributed by atoms with Gasteiger partial charge >= 0.3 is 5.97 Å². The summed E-state index contributed by atoms with van der Waals surface area (Å²) < 4.78 is 5.08. The van der Waals surface area contributed by atoms with Crippen LogP contribution in [0, 0.1) is 0 Å². The zero-order valence-electron chi connectivity index (χ0n) is 9.58. The van der Waals surface area contributed by atoms with Crippen LogP contribution in [0.2, 0.25) is 0 Å². The first-order chi connectivity index (χ1) is 6.70. The Morgan fingerprint density at radius 3 is 2.57 bits per heavy atom. The number of hydrogen-bond acceptors (Lipinski definition) is 2. The van der Waals surface area contributed by atoms with Crippen LogP contribution in [0.1, 0.15) is 52.9 Å². The largest absolute Gasteiger partial charge is 0.458 e. The maximum atomic E-state index is 10.7. The zero-order chi connectivity index (χ0) is 10.8. The minimum Gasteiger partial charge on any atom is -0.458 e. The van der Waals surface area contributed by atoms with Crippen molar-refractivity contribution in [2.24, 2.45) is 0 Å². The lowest BCUT2D eigenvalue weighted by Gasteiger charge is -2.09. The van der Waals surface area contributed by atoms with Gasteiger partial charge in [0.1, 0.15) is 6.10 Å². The fourth-order valence-electron chi connectivity index (χ4n) is 1.23. The summed E-state index contributed by atoms with van der Waals surface area (Å²) in [5.41, 5.74) is 0. The van der Waals surface area contributed by atoms with Crippen molar-refractivity contribution in [1.29, 1.82) is 0 Å². The second kappa shape index (κ2) is 8.79. The Morgan fingerprint density at radius 2 is 2.07 bits per heavy atom. The van der Waals surface area contributed by atoms with Gasteiger partial charge in [-0.1, -0.05) is 32.8 Å². The van der Waals surface area contributed by atoms with E-state index >= 15 is 0 Å². The lowest BCUT2D eigenvalue weighted by atomic mass is 10.1. The first-order valence-electron chi connectivity index (χ1n) is 5.54. The standard InChI is InChI=1S/C12H22O2/c1-4-6-7-8-9-10-12(5-2)14-11(3)13/h9-10,12H,4-8H2,1-3H3/b10-9-. The number of carbonyl (C=O) groups is 1. The van der Waals surface area contributed by atoms with Crippen LogP contribution in [-0.2, 0) is 9.53 Å². The van der Waals surface area contributed by atoms with E-state index in [9.17, 15) is 4.79 Å². The van der Waals surface area contributed by atoms with E-state index in [1.165, 1.54) is 26.2 Å².